The fourth-order valence-electron chi connectivity index (χ4n) is 3.24. The van der Waals surface area contributed by atoms with Crippen molar-refractivity contribution < 1.29 is 0 Å². The monoisotopic (exact) mass is 349 g/mol. The van der Waals surface area contributed by atoms with E-state index in [9.17, 15) is 0 Å². The molecule has 0 saturated heterocycles. The maximum absolute atomic E-state index is 4.63. The molecule has 3 heteroatoms. The molecule has 1 saturated carbocycles. The SMILES string of the molecule is Cc1nc(CC2CC(c3ccccc3)CCC2Br)cs1. The maximum atomic E-state index is 4.63. The van der Waals surface area contributed by atoms with Gasteiger partial charge in [0.05, 0.1) is 10.7 Å². The Bertz CT molecular complexity index is 551. The van der Waals surface area contributed by atoms with Crippen LogP contribution in [0.25, 0.3) is 0 Å². The minimum Gasteiger partial charge on any atom is -0.247 e. The molecule has 106 valence electrons. The van der Waals surface area contributed by atoms with Gasteiger partial charge in [-0.2, -0.15) is 0 Å². The van der Waals surface area contributed by atoms with E-state index in [0.717, 1.165) is 12.3 Å². The van der Waals surface area contributed by atoms with Gasteiger partial charge < -0.3 is 0 Å². The van der Waals surface area contributed by atoms with E-state index in [4.69, 9.17) is 0 Å². The Kier molecular flexibility index (Phi) is 4.57. The third-order valence-electron chi connectivity index (χ3n) is 4.30. The van der Waals surface area contributed by atoms with Crippen LogP contribution in [0, 0.1) is 12.8 Å². The van der Waals surface area contributed by atoms with Crippen LogP contribution in [0.15, 0.2) is 35.7 Å². The van der Waals surface area contributed by atoms with E-state index in [1.807, 2.05) is 0 Å². The lowest BCUT2D eigenvalue weighted by Gasteiger charge is -2.33. The van der Waals surface area contributed by atoms with Crippen molar-refractivity contribution in [3.05, 3.63) is 52.0 Å². The molecule has 1 aliphatic carbocycles. The van der Waals surface area contributed by atoms with Crippen molar-refractivity contribution in [1.29, 1.82) is 0 Å². The molecule has 0 N–H and O–H groups in total. The number of hydrogen-bond acceptors (Lipinski definition) is 2. The first-order valence-electron chi connectivity index (χ1n) is 7.32. The van der Waals surface area contributed by atoms with Crippen LogP contribution in [-0.2, 0) is 6.42 Å². The summed E-state index contributed by atoms with van der Waals surface area (Å²) in [5, 5.41) is 3.41. The Morgan fingerprint density at radius 3 is 2.75 bits per heavy atom. The molecule has 1 aromatic carbocycles. The summed E-state index contributed by atoms with van der Waals surface area (Å²) in [6.07, 6.45) is 4.96. The first-order chi connectivity index (χ1) is 9.72. The summed E-state index contributed by atoms with van der Waals surface area (Å²) in [5.74, 6) is 1.42. The molecule has 0 aliphatic heterocycles. The Morgan fingerprint density at radius 2 is 2.05 bits per heavy atom. The van der Waals surface area contributed by atoms with Crippen molar-refractivity contribution in [1.82, 2.24) is 4.98 Å². The van der Waals surface area contributed by atoms with Crippen LogP contribution in [0.3, 0.4) is 0 Å². The molecule has 0 bridgehead atoms. The smallest absolute Gasteiger partial charge is 0.0897 e. The van der Waals surface area contributed by atoms with Gasteiger partial charge in [-0.25, -0.2) is 4.98 Å². The van der Waals surface area contributed by atoms with Crippen molar-refractivity contribution in [3.63, 3.8) is 0 Å². The number of halogens is 1. The zero-order valence-corrected chi connectivity index (χ0v) is 14.2. The van der Waals surface area contributed by atoms with E-state index in [-0.39, 0.29) is 0 Å². The zero-order valence-electron chi connectivity index (χ0n) is 11.8. The van der Waals surface area contributed by atoms with Crippen LogP contribution in [-0.4, -0.2) is 9.81 Å². The summed E-state index contributed by atoms with van der Waals surface area (Å²) in [7, 11) is 0. The van der Waals surface area contributed by atoms with E-state index in [0.29, 0.717) is 10.7 Å². The Labute approximate surface area is 133 Å². The van der Waals surface area contributed by atoms with E-state index in [2.05, 4.69) is 63.5 Å². The van der Waals surface area contributed by atoms with Gasteiger partial charge >= 0.3 is 0 Å². The van der Waals surface area contributed by atoms with Crippen LogP contribution < -0.4 is 0 Å². The van der Waals surface area contributed by atoms with Gasteiger partial charge in [0.2, 0.25) is 0 Å². The molecule has 0 amide bonds. The van der Waals surface area contributed by atoms with E-state index >= 15 is 0 Å². The van der Waals surface area contributed by atoms with E-state index < -0.39 is 0 Å². The number of benzene rings is 1. The first kappa shape index (κ1) is 14.3. The fourth-order valence-corrected chi connectivity index (χ4v) is 4.53. The number of thiazole rings is 1. The molecule has 0 spiro atoms. The zero-order chi connectivity index (χ0) is 13.9. The van der Waals surface area contributed by atoms with Crippen molar-refractivity contribution in [2.45, 2.75) is 43.4 Å². The lowest BCUT2D eigenvalue weighted by molar-refractivity contribution is 0.333. The number of nitrogens with zero attached hydrogens (tertiary/aromatic N) is 1. The Hall–Kier alpha value is -0.670. The minimum absolute atomic E-state index is 0.643. The van der Waals surface area contributed by atoms with E-state index in [1.165, 1.54) is 35.5 Å². The van der Waals surface area contributed by atoms with Gasteiger partial charge in [-0.05, 0) is 50.0 Å². The molecule has 1 aromatic heterocycles. The summed E-state index contributed by atoms with van der Waals surface area (Å²) in [5.41, 5.74) is 2.78. The maximum Gasteiger partial charge on any atom is 0.0897 e. The van der Waals surface area contributed by atoms with Crippen LogP contribution in [0.1, 0.15) is 41.4 Å². The number of hydrogen-bond donors (Lipinski definition) is 0. The highest BCUT2D eigenvalue weighted by molar-refractivity contribution is 9.09. The predicted molar refractivity (Wildman–Crippen MR) is 89.8 cm³/mol. The second-order valence-corrected chi connectivity index (χ2v) is 8.00. The van der Waals surface area contributed by atoms with Crippen molar-refractivity contribution in [2.24, 2.45) is 5.92 Å². The van der Waals surface area contributed by atoms with Gasteiger partial charge in [-0.1, -0.05) is 46.3 Å². The largest absolute Gasteiger partial charge is 0.247 e. The Morgan fingerprint density at radius 1 is 1.25 bits per heavy atom. The van der Waals surface area contributed by atoms with Crippen molar-refractivity contribution >= 4 is 27.3 Å². The summed E-state index contributed by atoms with van der Waals surface area (Å²) in [4.78, 5) is 5.28. The molecular weight excluding hydrogens is 330 g/mol. The second kappa shape index (κ2) is 6.40. The summed E-state index contributed by atoms with van der Waals surface area (Å²) in [6.45, 7) is 2.09. The molecule has 1 nitrogen and oxygen atoms in total. The quantitative estimate of drug-likeness (QED) is 0.681. The van der Waals surface area contributed by atoms with Gasteiger partial charge in [-0.15, -0.1) is 11.3 Å². The average molecular weight is 350 g/mol. The normalized spacial score (nSPS) is 26.6. The lowest BCUT2D eigenvalue weighted by atomic mass is 9.76. The molecule has 1 fully saturated rings. The molecule has 20 heavy (non-hydrogen) atoms. The third kappa shape index (κ3) is 3.32. The second-order valence-electron chi connectivity index (χ2n) is 5.76. The number of aromatic nitrogens is 1. The van der Waals surface area contributed by atoms with Crippen LogP contribution in [0.2, 0.25) is 0 Å². The topological polar surface area (TPSA) is 12.9 Å². The summed E-state index contributed by atoms with van der Waals surface area (Å²) >= 11 is 5.66. The van der Waals surface area contributed by atoms with Crippen LogP contribution in [0.5, 0.6) is 0 Å². The van der Waals surface area contributed by atoms with Gasteiger partial charge in [0.25, 0.3) is 0 Å². The number of alkyl halides is 1. The van der Waals surface area contributed by atoms with Gasteiger partial charge in [-0.3, -0.25) is 0 Å². The summed E-state index contributed by atoms with van der Waals surface area (Å²) < 4.78 is 0. The molecule has 3 rings (SSSR count). The highest BCUT2D eigenvalue weighted by atomic mass is 79.9. The molecular formula is C17H20BrNS. The highest BCUT2D eigenvalue weighted by Gasteiger charge is 2.30. The number of aryl methyl sites for hydroxylation is 1. The number of rotatable bonds is 3. The summed E-state index contributed by atoms with van der Waals surface area (Å²) in [6, 6.07) is 11.0. The molecule has 1 aliphatic rings. The van der Waals surface area contributed by atoms with Crippen molar-refractivity contribution in [3.8, 4) is 0 Å². The molecule has 1 heterocycles. The van der Waals surface area contributed by atoms with E-state index in [1.54, 1.807) is 11.3 Å². The van der Waals surface area contributed by atoms with Crippen LogP contribution in [0.4, 0.5) is 0 Å². The molecule has 3 atom stereocenters. The fraction of sp³-hybridized carbons (Fsp3) is 0.471. The highest BCUT2D eigenvalue weighted by Crippen LogP contribution is 2.40. The lowest BCUT2D eigenvalue weighted by Crippen LogP contribution is -2.26. The van der Waals surface area contributed by atoms with Gasteiger partial charge in [0, 0.05) is 10.2 Å². The van der Waals surface area contributed by atoms with Gasteiger partial charge in [0.15, 0.2) is 0 Å². The molecule has 2 aromatic rings. The molecule has 3 unspecified atom stereocenters. The Balaban J connectivity index is 1.70. The standard InChI is InChI=1S/C17H20BrNS/c1-12-19-16(11-20-12)10-15-9-14(7-8-17(15)18)13-5-3-2-4-6-13/h2-6,11,14-15,17H,7-10H2,1H3. The van der Waals surface area contributed by atoms with Gasteiger partial charge in [0.1, 0.15) is 0 Å². The first-order valence-corrected chi connectivity index (χ1v) is 9.12. The molecule has 0 radical (unpaired) electrons. The predicted octanol–water partition coefficient (Wildman–Crippen LogP) is 5.34. The third-order valence-corrected chi connectivity index (χ3v) is 6.33. The van der Waals surface area contributed by atoms with Crippen molar-refractivity contribution in [2.75, 3.05) is 0 Å². The van der Waals surface area contributed by atoms with Crippen LogP contribution >= 0.6 is 27.3 Å². The minimum atomic E-state index is 0.643. The average Bonchev–Trinajstić information content (AvgIpc) is 2.88.